The number of hydrogen-bond donors (Lipinski definition) is 0. The van der Waals surface area contributed by atoms with Crippen LogP contribution in [0.15, 0.2) is 12.4 Å². The number of carbonyl (C=O) groups excluding carboxylic acids is 1. The van der Waals surface area contributed by atoms with Crippen molar-refractivity contribution < 1.29 is 4.79 Å². The highest BCUT2D eigenvalue weighted by Gasteiger charge is 2.22. The largest absolute Gasteiger partial charge is 0.335 e. The minimum absolute atomic E-state index is 0.0823. The first-order valence-electron chi connectivity index (χ1n) is 6.20. The van der Waals surface area contributed by atoms with Gasteiger partial charge in [0, 0.05) is 26.2 Å². The molecule has 1 aliphatic heterocycles. The van der Waals surface area contributed by atoms with Crippen LogP contribution in [0.4, 0.5) is 0 Å². The molecule has 2 heterocycles. The molecule has 1 aromatic rings. The molecule has 0 aromatic carbocycles. The number of carbonyl (C=O) groups is 1. The Kier molecular flexibility index (Phi) is 4.49. The third kappa shape index (κ3) is 3.17. The molecule has 5 nitrogen and oxygen atoms in total. The van der Waals surface area contributed by atoms with Crippen molar-refractivity contribution in [2.24, 2.45) is 0 Å². The van der Waals surface area contributed by atoms with E-state index in [0.29, 0.717) is 5.69 Å². The molecule has 1 fully saturated rings. The van der Waals surface area contributed by atoms with Gasteiger partial charge in [0.2, 0.25) is 0 Å². The summed E-state index contributed by atoms with van der Waals surface area (Å²) in [5, 5.41) is 0.255. The third-order valence-corrected chi connectivity index (χ3v) is 3.21. The zero-order valence-electron chi connectivity index (χ0n) is 10.5. The molecule has 1 saturated heterocycles. The lowest BCUT2D eigenvalue weighted by atomic mass is 10.2. The van der Waals surface area contributed by atoms with Gasteiger partial charge >= 0.3 is 0 Å². The van der Waals surface area contributed by atoms with Gasteiger partial charge in [0.05, 0.1) is 12.4 Å². The van der Waals surface area contributed by atoms with Crippen molar-refractivity contribution in [1.82, 2.24) is 19.8 Å². The first-order valence-corrected chi connectivity index (χ1v) is 6.57. The van der Waals surface area contributed by atoms with E-state index in [-0.39, 0.29) is 11.1 Å². The number of hydrogen-bond acceptors (Lipinski definition) is 4. The van der Waals surface area contributed by atoms with E-state index in [1.165, 1.54) is 12.4 Å². The molecular formula is C12H17ClN4O. The van der Waals surface area contributed by atoms with Crippen molar-refractivity contribution in [1.29, 1.82) is 0 Å². The van der Waals surface area contributed by atoms with Crippen molar-refractivity contribution in [2.45, 2.75) is 13.3 Å². The van der Waals surface area contributed by atoms with Crippen molar-refractivity contribution in [3.63, 3.8) is 0 Å². The second kappa shape index (κ2) is 6.11. The van der Waals surface area contributed by atoms with Crippen LogP contribution in [0.5, 0.6) is 0 Å². The summed E-state index contributed by atoms with van der Waals surface area (Å²) in [7, 11) is 0. The molecule has 2 rings (SSSR count). The molecule has 6 heteroatoms. The lowest BCUT2D eigenvalue weighted by molar-refractivity contribution is 0.0631. The summed E-state index contributed by atoms with van der Waals surface area (Å²) in [6.07, 6.45) is 4.04. The number of nitrogens with zero attached hydrogens (tertiary/aromatic N) is 4. The maximum Gasteiger partial charge on any atom is 0.274 e. The second-order valence-corrected chi connectivity index (χ2v) is 4.75. The predicted molar refractivity (Wildman–Crippen MR) is 69.7 cm³/mol. The Bertz CT molecular complexity index is 418. The van der Waals surface area contributed by atoms with Crippen LogP contribution in [0.2, 0.25) is 5.15 Å². The third-order valence-electron chi connectivity index (χ3n) is 3.02. The molecule has 0 aliphatic carbocycles. The van der Waals surface area contributed by atoms with Crippen LogP contribution in [0.25, 0.3) is 0 Å². The quantitative estimate of drug-likeness (QED) is 0.829. The number of rotatable bonds is 3. The molecule has 0 saturated carbocycles. The zero-order valence-corrected chi connectivity index (χ0v) is 11.2. The summed E-state index contributed by atoms with van der Waals surface area (Å²) in [4.78, 5) is 24.2. The molecule has 0 bridgehead atoms. The summed E-state index contributed by atoms with van der Waals surface area (Å²) in [5.41, 5.74) is 0.325. The molecule has 0 unspecified atom stereocenters. The Morgan fingerprint density at radius 3 is 2.67 bits per heavy atom. The van der Waals surface area contributed by atoms with Gasteiger partial charge in [0.1, 0.15) is 10.8 Å². The van der Waals surface area contributed by atoms with Crippen LogP contribution >= 0.6 is 11.6 Å². The van der Waals surface area contributed by atoms with Crippen LogP contribution in [0.1, 0.15) is 23.8 Å². The number of amides is 1. The van der Waals surface area contributed by atoms with E-state index in [1.54, 1.807) is 0 Å². The number of piperazine rings is 1. The topological polar surface area (TPSA) is 49.3 Å². The lowest BCUT2D eigenvalue weighted by Crippen LogP contribution is -2.48. The first kappa shape index (κ1) is 13.2. The Morgan fingerprint density at radius 1 is 1.33 bits per heavy atom. The molecular weight excluding hydrogens is 252 g/mol. The van der Waals surface area contributed by atoms with Gasteiger partial charge in [-0.05, 0) is 13.0 Å². The van der Waals surface area contributed by atoms with Gasteiger partial charge in [0.15, 0.2) is 0 Å². The van der Waals surface area contributed by atoms with Crippen molar-refractivity contribution in [2.75, 3.05) is 32.7 Å². The van der Waals surface area contributed by atoms with E-state index >= 15 is 0 Å². The van der Waals surface area contributed by atoms with Crippen molar-refractivity contribution in [3.05, 3.63) is 23.2 Å². The Morgan fingerprint density at radius 2 is 2.06 bits per heavy atom. The van der Waals surface area contributed by atoms with Gasteiger partial charge in [-0.15, -0.1) is 0 Å². The van der Waals surface area contributed by atoms with Crippen LogP contribution in [-0.2, 0) is 0 Å². The minimum atomic E-state index is -0.0823. The van der Waals surface area contributed by atoms with Crippen LogP contribution in [0, 0.1) is 0 Å². The SMILES string of the molecule is CCCN1CCN(C(=O)c2cncc(Cl)n2)CC1. The molecule has 1 amide bonds. The monoisotopic (exact) mass is 268 g/mol. The zero-order chi connectivity index (χ0) is 13.0. The maximum atomic E-state index is 12.2. The summed E-state index contributed by atoms with van der Waals surface area (Å²) < 4.78 is 0. The van der Waals surface area contributed by atoms with Gasteiger partial charge in [-0.25, -0.2) is 4.98 Å². The van der Waals surface area contributed by atoms with Gasteiger partial charge in [-0.3, -0.25) is 14.7 Å². The van der Waals surface area contributed by atoms with E-state index < -0.39 is 0 Å². The second-order valence-electron chi connectivity index (χ2n) is 4.36. The van der Waals surface area contributed by atoms with E-state index in [1.807, 2.05) is 4.90 Å². The fraction of sp³-hybridized carbons (Fsp3) is 0.583. The average molecular weight is 269 g/mol. The van der Waals surface area contributed by atoms with Crippen LogP contribution < -0.4 is 0 Å². The molecule has 1 aromatic heterocycles. The summed E-state index contributed by atoms with van der Waals surface area (Å²) in [5.74, 6) is -0.0823. The van der Waals surface area contributed by atoms with Crippen LogP contribution in [-0.4, -0.2) is 58.4 Å². The van der Waals surface area contributed by atoms with E-state index in [9.17, 15) is 4.79 Å². The molecule has 0 spiro atoms. The molecule has 0 atom stereocenters. The number of aromatic nitrogens is 2. The normalized spacial score (nSPS) is 16.9. The predicted octanol–water partition coefficient (Wildman–Crippen LogP) is 1.30. The van der Waals surface area contributed by atoms with Gasteiger partial charge < -0.3 is 4.90 Å². The summed E-state index contributed by atoms with van der Waals surface area (Å²) in [6, 6.07) is 0. The van der Waals surface area contributed by atoms with Crippen molar-refractivity contribution >= 4 is 17.5 Å². The number of halogens is 1. The van der Waals surface area contributed by atoms with Gasteiger partial charge in [-0.1, -0.05) is 18.5 Å². The summed E-state index contributed by atoms with van der Waals surface area (Å²) in [6.45, 7) is 6.60. The Balaban J connectivity index is 1.95. The highest BCUT2D eigenvalue weighted by Crippen LogP contribution is 2.09. The van der Waals surface area contributed by atoms with E-state index in [4.69, 9.17) is 11.6 Å². The van der Waals surface area contributed by atoms with E-state index in [2.05, 4.69) is 21.8 Å². The van der Waals surface area contributed by atoms with Crippen molar-refractivity contribution in [3.8, 4) is 0 Å². The lowest BCUT2D eigenvalue weighted by Gasteiger charge is -2.34. The molecule has 0 N–H and O–H groups in total. The highest BCUT2D eigenvalue weighted by atomic mass is 35.5. The molecule has 98 valence electrons. The molecule has 1 aliphatic rings. The highest BCUT2D eigenvalue weighted by molar-refractivity contribution is 6.29. The van der Waals surface area contributed by atoms with Gasteiger partial charge in [0.25, 0.3) is 5.91 Å². The average Bonchev–Trinajstić information content (AvgIpc) is 2.39. The van der Waals surface area contributed by atoms with E-state index in [0.717, 1.165) is 39.1 Å². The molecule has 18 heavy (non-hydrogen) atoms. The van der Waals surface area contributed by atoms with Crippen LogP contribution in [0.3, 0.4) is 0 Å². The molecule has 0 radical (unpaired) electrons. The maximum absolute atomic E-state index is 12.2. The smallest absolute Gasteiger partial charge is 0.274 e. The summed E-state index contributed by atoms with van der Waals surface area (Å²) >= 11 is 5.74. The Labute approximate surface area is 112 Å². The van der Waals surface area contributed by atoms with Gasteiger partial charge in [-0.2, -0.15) is 0 Å². The first-order chi connectivity index (χ1) is 8.70. The standard InChI is InChI=1S/C12H17ClN4O/c1-2-3-16-4-6-17(7-5-16)12(18)10-8-14-9-11(13)15-10/h8-9H,2-7H2,1H3. The Hall–Kier alpha value is -1.20. The minimum Gasteiger partial charge on any atom is -0.335 e. The fourth-order valence-electron chi connectivity index (χ4n) is 2.10. The fourth-order valence-corrected chi connectivity index (χ4v) is 2.25.